The number of anilines is 2. The van der Waals surface area contributed by atoms with E-state index in [1.807, 2.05) is 30.3 Å². The molecule has 0 radical (unpaired) electrons. The first-order valence-electron chi connectivity index (χ1n) is 10.8. The van der Waals surface area contributed by atoms with Crippen LogP contribution in [0.2, 0.25) is 0 Å². The molecule has 0 saturated heterocycles. The number of hydrogen-bond donors (Lipinski definition) is 2. The average molecular weight is 520 g/mol. The molecule has 2 amide bonds. The number of rotatable bonds is 8. The summed E-state index contributed by atoms with van der Waals surface area (Å²) in [5.74, 6) is -1.31. The van der Waals surface area contributed by atoms with Crippen molar-refractivity contribution in [2.45, 2.75) is 19.1 Å². The lowest BCUT2D eigenvalue weighted by Gasteiger charge is -2.23. The van der Waals surface area contributed by atoms with E-state index >= 15 is 0 Å². The number of amides is 2. The van der Waals surface area contributed by atoms with Crippen LogP contribution in [-0.2, 0) is 21.0 Å². The lowest BCUT2D eigenvalue weighted by Crippen LogP contribution is -2.38. The Bertz CT molecular complexity index is 1350. The lowest BCUT2D eigenvalue weighted by molar-refractivity contribution is -0.137. The summed E-state index contributed by atoms with van der Waals surface area (Å²) in [6.45, 7) is 1.00. The Balaban J connectivity index is 1.80. The van der Waals surface area contributed by atoms with Crippen LogP contribution in [-0.4, -0.2) is 33.0 Å². The van der Waals surface area contributed by atoms with Crippen molar-refractivity contribution >= 4 is 33.2 Å². The first kappa shape index (κ1) is 26.7. The van der Waals surface area contributed by atoms with Crippen molar-refractivity contribution in [3.63, 3.8) is 0 Å². The fourth-order valence-electron chi connectivity index (χ4n) is 3.45. The van der Waals surface area contributed by atoms with Crippen LogP contribution in [0.5, 0.6) is 0 Å². The molecule has 11 heteroatoms. The SMILES string of the molecule is C[C@H](NC(=O)c1ccccc1NC(=O)CN(c1cccc(C(F)(F)F)c1)S(C)(=O)=O)c1ccccc1. The van der Waals surface area contributed by atoms with Gasteiger partial charge in [0.05, 0.1) is 34.8 Å². The van der Waals surface area contributed by atoms with Gasteiger partial charge >= 0.3 is 6.18 Å². The molecule has 3 aromatic rings. The number of alkyl halides is 3. The second-order valence-corrected chi connectivity index (χ2v) is 9.92. The molecule has 0 aliphatic heterocycles. The van der Waals surface area contributed by atoms with Crippen LogP contribution in [0.1, 0.15) is 34.5 Å². The van der Waals surface area contributed by atoms with Gasteiger partial charge in [0.15, 0.2) is 0 Å². The number of benzene rings is 3. The maximum Gasteiger partial charge on any atom is 0.416 e. The van der Waals surface area contributed by atoms with Crippen molar-refractivity contribution in [1.29, 1.82) is 0 Å². The van der Waals surface area contributed by atoms with Crippen molar-refractivity contribution in [3.05, 3.63) is 95.6 Å². The molecule has 7 nitrogen and oxygen atoms in total. The summed E-state index contributed by atoms with van der Waals surface area (Å²) in [5, 5.41) is 5.33. The van der Waals surface area contributed by atoms with Gasteiger partial charge < -0.3 is 10.6 Å². The number of sulfonamides is 1. The van der Waals surface area contributed by atoms with Gasteiger partial charge in [-0.05, 0) is 42.8 Å². The van der Waals surface area contributed by atoms with Crippen LogP contribution in [0.25, 0.3) is 0 Å². The highest BCUT2D eigenvalue weighted by atomic mass is 32.2. The summed E-state index contributed by atoms with van der Waals surface area (Å²) >= 11 is 0. The van der Waals surface area contributed by atoms with E-state index in [4.69, 9.17) is 0 Å². The van der Waals surface area contributed by atoms with E-state index in [2.05, 4.69) is 10.6 Å². The van der Waals surface area contributed by atoms with Gasteiger partial charge in [-0.3, -0.25) is 13.9 Å². The molecule has 0 aromatic heterocycles. The van der Waals surface area contributed by atoms with Crippen LogP contribution in [0.4, 0.5) is 24.5 Å². The van der Waals surface area contributed by atoms with E-state index in [9.17, 15) is 31.2 Å². The number of para-hydroxylation sites is 1. The quantitative estimate of drug-likeness (QED) is 0.455. The maximum atomic E-state index is 13.1. The zero-order valence-corrected chi connectivity index (χ0v) is 20.2. The van der Waals surface area contributed by atoms with Gasteiger partial charge in [0, 0.05) is 0 Å². The Hall–Kier alpha value is -3.86. The number of nitrogens with zero attached hydrogens (tertiary/aromatic N) is 1. The van der Waals surface area contributed by atoms with E-state index in [0.29, 0.717) is 10.4 Å². The molecular weight excluding hydrogens is 495 g/mol. The fourth-order valence-corrected chi connectivity index (χ4v) is 4.30. The van der Waals surface area contributed by atoms with Crippen molar-refractivity contribution in [1.82, 2.24) is 5.32 Å². The minimum Gasteiger partial charge on any atom is -0.345 e. The molecule has 0 aliphatic rings. The molecule has 0 fully saturated rings. The zero-order chi connectivity index (χ0) is 26.5. The molecule has 0 aliphatic carbocycles. The number of nitrogens with one attached hydrogen (secondary N) is 2. The van der Waals surface area contributed by atoms with Crippen LogP contribution < -0.4 is 14.9 Å². The van der Waals surface area contributed by atoms with Gasteiger partial charge in [-0.15, -0.1) is 0 Å². The number of carbonyl (C=O) groups excluding carboxylic acids is 2. The minimum absolute atomic E-state index is 0.123. The highest BCUT2D eigenvalue weighted by molar-refractivity contribution is 7.92. The normalized spacial score (nSPS) is 12.5. The Morgan fingerprint density at radius 3 is 2.22 bits per heavy atom. The molecule has 190 valence electrons. The van der Waals surface area contributed by atoms with Crippen LogP contribution in [0, 0.1) is 0 Å². The topological polar surface area (TPSA) is 95.6 Å². The molecule has 0 spiro atoms. The molecule has 2 N–H and O–H groups in total. The van der Waals surface area contributed by atoms with Crippen molar-refractivity contribution in [2.24, 2.45) is 0 Å². The van der Waals surface area contributed by atoms with Crippen molar-refractivity contribution in [3.8, 4) is 0 Å². The van der Waals surface area contributed by atoms with Gasteiger partial charge in [0.1, 0.15) is 6.54 Å². The standard InChI is InChI=1S/C25H24F3N3O4S/c1-17(18-9-4-3-5-10-18)29-24(33)21-13-6-7-14-22(21)30-23(32)16-31(36(2,34)35)20-12-8-11-19(15-20)25(26,27)28/h3-15,17H,16H2,1-2H3,(H,29,33)(H,30,32)/t17-/m0/s1. The first-order valence-corrected chi connectivity index (χ1v) is 12.6. The number of halogens is 3. The Morgan fingerprint density at radius 1 is 0.944 bits per heavy atom. The van der Waals surface area contributed by atoms with E-state index in [1.54, 1.807) is 19.1 Å². The van der Waals surface area contributed by atoms with E-state index < -0.39 is 40.1 Å². The second kappa shape index (κ2) is 10.8. The van der Waals surface area contributed by atoms with Gasteiger partial charge in [-0.1, -0.05) is 48.5 Å². The summed E-state index contributed by atoms with van der Waals surface area (Å²) in [5.41, 5.74) is -0.234. The Kier molecular flexibility index (Phi) is 8.03. The van der Waals surface area contributed by atoms with Crippen LogP contribution >= 0.6 is 0 Å². The molecule has 3 rings (SSSR count). The fraction of sp³-hybridized carbons (Fsp3) is 0.200. The molecule has 3 aromatic carbocycles. The van der Waals surface area contributed by atoms with Gasteiger partial charge in [-0.25, -0.2) is 8.42 Å². The van der Waals surface area contributed by atoms with Crippen LogP contribution in [0.15, 0.2) is 78.9 Å². The highest BCUT2D eigenvalue weighted by Gasteiger charge is 2.32. The smallest absolute Gasteiger partial charge is 0.345 e. The second-order valence-electron chi connectivity index (χ2n) is 8.02. The summed E-state index contributed by atoms with van der Waals surface area (Å²) < 4.78 is 64.5. The molecule has 0 saturated carbocycles. The highest BCUT2D eigenvalue weighted by Crippen LogP contribution is 2.32. The van der Waals surface area contributed by atoms with E-state index in [1.165, 1.54) is 12.1 Å². The predicted molar refractivity (Wildman–Crippen MR) is 131 cm³/mol. The summed E-state index contributed by atoms with van der Waals surface area (Å²) in [4.78, 5) is 25.7. The average Bonchev–Trinajstić information content (AvgIpc) is 2.82. The number of carbonyl (C=O) groups is 2. The van der Waals surface area contributed by atoms with Crippen molar-refractivity contribution < 1.29 is 31.2 Å². The molecule has 0 bridgehead atoms. The molecule has 0 unspecified atom stereocenters. The number of hydrogen-bond acceptors (Lipinski definition) is 4. The lowest BCUT2D eigenvalue weighted by atomic mass is 10.1. The third kappa shape index (κ3) is 6.85. The maximum absolute atomic E-state index is 13.1. The van der Waals surface area contributed by atoms with Crippen molar-refractivity contribution in [2.75, 3.05) is 22.4 Å². The molecular formula is C25H24F3N3O4S. The van der Waals surface area contributed by atoms with Crippen LogP contribution in [0.3, 0.4) is 0 Å². The van der Waals surface area contributed by atoms with E-state index in [0.717, 1.165) is 30.0 Å². The molecule has 36 heavy (non-hydrogen) atoms. The summed E-state index contributed by atoms with van der Waals surface area (Å²) in [6.07, 6.45) is -3.91. The third-order valence-electron chi connectivity index (χ3n) is 5.24. The monoisotopic (exact) mass is 519 g/mol. The van der Waals surface area contributed by atoms with E-state index in [-0.39, 0.29) is 23.0 Å². The minimum atomic E-state index is -4.69. The summed E-state index contributed by atoms with van der Waals surface area (Å²) in [7, 11) is -4.11. The Labute approximate surface area is 207 Å². The van der Waals surface area contributed by atoms with Gasteiger partial charge in [0.25, 0.3) is 5.91 Å². The molecule has 1 atom stereocenters. The predicted octanol–water partition coefficient (Wildman–Crippen LogP) is 4.60. The van der Waals surface area contributed by atoms with Gasteiger partial charge in [-0.2, -0.15) is 13.2 Å². The third-order valence-corrected chi connectivity index (χ3v) is 6.38. The first-order chi connectivity index (χ1) is 16.9. The Morgan fingerprint density at radius 2 is 1.58 bits per heavy atom. The zero-order valence-electron chi connectivity index (χ0n) is 19.4. The summed E-state index contributed by atoms with van der Waals surface area (Å²) in [6, 6.07) is 18.7. The largest absolute Gasteiger partial charge is 0.416 e. The van der Waals surface area contributed by atoms with Gasteiger partial charge in [0.2, 0.25) is 15.9 Å². The molecule has 0 heterocycles.